The van der Waals surface area contributed by atoms with E-state index in [0.717, 1.165) is 24.9 Å². The van der Waals surface area contributed by atoms with E-state index in [1.807, 2.05) is 0 Å². The molecule has 0 amide bonds. The maximum absolute atomic E-state index is 6.19. The van der Waals surface area contributed by atoms with Gasteiger partial charge in [0.1, 0.15) is 13.3 Å². The Kier molecular flexibility index (Phi) is 22.0. The van der Waals surface area contributed by atoms with E-state index in [2.05, 4.69) is 51.3 Å². The Morgan fingerprint density at radius 3 is 1.09 bits per heavy atom. The lowest BCUT2D eigenvalue weighted by molar-refractivity contribution is -0.958. The van der Waals surface area contributed by atoms with Crippen molar-refractivity contribution < 1.29 is 83.5 Å². The molecule has 44 heavy (non-hydrogen) atoms. The maximum Gasteiger partial charge on any atom is 0.501 e. The zero-order valence-electron chi connectivity index (χ0n) is 29.0. The summed E-state index contributed by atoms with van der Waals surface area (Å²) in [6.45, 7) is 30.9. The molecule has 4 bridgehead atoms. The van der Waals surface area contributed by atoms with Gasteiger partial charge in [-0.2, -0.15) is 0 Å². The molecule has 3 aliphatic heterocycles. The average molecular weight is 889 g/mol. The number of rotatable bonds is 20. The van der Waals surface area contributed by atoms with Gasteiger partial charge in [0.15, 0.2) is 0 Å². The molecule has 0 N–H and O–H groups in total. The molecular weight excluding hydrogens is 822 g/mol. The Morgan fingerprint density at radius 1 is 0.477 bits per heavy atom. The minimum absolute atomic E-state index is 0. The first kappa shape index (κ1) is 43.5. The summed E-state index contributed by atoms with van der Waals surface area (Å²) in [6.07, 6.45) is 4.78. The molecule has 2 unspecified atom stereocenters. The van der Waals surface area contributed by atoms with Crippen LogP contribution in [0, 0.1) is 0 Å². The number of nitrogens with zero attached hydrogens (tertiary/aromatic N) is 4. The fourth-order valence-corrected chi connectivity index (χ4v) is 12.9. The highest BCUT2D eigenvalue weighted by Gasteiger charge is 2.45. The van der Waals surface area contributed by atoms with E-state index in [1.54, 1.807) is 0 Å². The molecule has 14 heteroatoms. The number of hydrogen-bond donors (Lipinski definition) is 0. The van der Waals surface area contributed by atoms with Gasteiger partial charge in [-0.25, -0.2) is 0 Å². The summed E-state index contributed by atoms with van der Waals surface area (Å²) in [5, 5.41) is 0. The highest BCUT2D eigenvalue weighted by molar-refractivity contribution is 6.61. The molecule has 4 atom stereocenters. The first-order valence-corrected chi connectivity index (χ1v) is 21.2. The van der Waals surface area contributed by atoms with Crippen molar-refractivity contribution in [2.75, 3.05) is 118 Å². The molecule has 264 valence electrons. The van der Waals surface area contributed by atoms with E-state index in [9.17, 15) is 0 Å². The van der Waals surface area contributed by atoms with E-state index in [1.165, 1.54) is 101 Å². The predicted octanol–water partition coefficient (Wildman–Crippen LogP) is -2.16. The quantitative estimate of drug-likeness (QED) is 0.0781. The lowest BCUT2D eigenvalue weighted by atomic mass is 10.1. The van der Waals surface area contributed by atoms with Crippen LogP contribution >= 0.6 is 0 Å². The first-order valence-electron chi connectivity index (χ1n) is 17.3. The molecule has 0 aromatic heterocycles. The van der Waals surface area contributed by atoms with E-state index < -0.39 is 17.6 Å². The van der Waals surface area contributed by atoms with Crippen LogP contribution in [0.25, 0.3) is 0 Å². The number of hydrogen-bond acceptors (Lipinski definition) is 8. The maximum atomic E-state index is 6.19. The zero-order valence-corrected chi connectivity index (χ0v) is 35.3. The fourth-order valence-electron chi connectivity index (χ4n) is 7.68. The number of fused-ring (bicyclic) bond motifs is 4. The second kappa shape index (κ2) is 22.3. The van der Waals surface area contributed by atoms with Gasteiger partial charge in [-0.1, -0.05) is 0 Å². The van der Waals surface area contributed by atoms with Crippen LogP contribution in [-0.2, 0) is 26.6 Å². The molecule has 3 heterocycles. The van der Waals surface area contributed by atoms with Crippen molar-refractivity contribution in [2.24, 2.45) is 0 Å². The summed E-state index contributed by atoms with van der Waals surface area (Å²) in [5.41, 5.74) is 0. The highest BCUT2D eigenvalue weighted by atomic mass is 127. The third kappa shape index (κ3) is 13.1. The third-order valence-corrected chi connectivity index (χ3v) is 15.7. The standard InChI is InChI=1S/C30H66N4O6Si2.2HI/c1-7-35-41(36-8-2,37-9-3)27-15-23-33-21-13-17-31(29-33)20-26-34(22-14-18-32(30-34)19-25-33)24-16-28-42(38-10-4,39-11-5)40-12-6;;/h7-30H2,1-6H3;2*1H/q+2;;/p-2/t33-,34+;;. The summed E-state index contributed by atoms with van der Waals surface area (Å²) in [7, 11) is -5.20. The van der Waals surface area contributed by atoms with Crippen molar-refractivity contribution in [3.63, 3.8) is 0 Å². The van der Waals surface area contributed by atoms with Crippen LogP contribution in [0.3, 0.4) is 0 Å². The Bertz CT molecular complexity index is 676. The molecule has 3 fully saturated rings. The van der Waals surface area contributed by atoms with Crippen molar-refractivity contribution in [1.82, 2.24) is 9.80 Å². The highest BCUT2D eigenvalue weighted by Crippen LogP contribution is 2.27. The normalized spacial score (nSPS) is 27.7. The van der Waals surface area contributed by atoms with Crippen molar-refractivity contribution in [2.45, 2.75) is 79.3 Å². The topological polar surface area (TPSA) is 61.9 Å². The minimum Gasteiger partial charge on any atom is -1.00 e. The SMILES string of the molecule is CCO[Si](CCC[N@@+]12CCCN(CC[N@+]3(CCC[Si](OCC)(OCC)OCC)CCCN(CC1)C3)C2)(OCC)OCC.[I-].[I-]. The van der Waals surface area contributed by atoms with Crippen LogP contribution in [-0.4, -0.2) is 155 Å². The van der Waals surface area contributed by atoms with Crippen LogP contribution in [0.2, 0.25) is 12.1 Å². The van der Waals surface area contributed by atoms with Crippen molar-refractivity contribution in [3.8, 4) is 0 Å². The number of halogens is 2. The second-order valence-electron chi connectivity index (χ2n) is 12.4. The van der Waals surface area contributed by atoms with Gasteiger partial charge in [0, 0.05) is 90.5 Å². The molecule has 0 saturated carbocycles. The Morgan fingerprint density at radius 2 is 0.795 bits per heavy atom. The zero-order chi connectivity index (χ0) is 30.4. The molecule has 3 rings (SSSR count). The van der Waals surface area contributed by atoms with Gasteiger partial charge >= 0.3 is 17.6 Å². The van der Waals surface area contributed by atoms with Crippen LogP contribution in [0.1, 0.15) is 67.2 Å². The van der Waals surface area contributed by atoms with Gasteiger partial charge in [-0.05, 0) is 41.5 Å². The smallest absolute Gasteiger partial charge is 0.501 e. The molecule has 0 spiro atoms. The van der Waals surface area contributed by atoms with Crippen molar-refractivity contribution in [3.05, 3.63) is 0 Å². The van der Waals surface area contributed by atoms with Gasteiger partial charge in [0.25, 0.3) is 0 Å². The molecule has 0 aromatic rings. The van der Waals surface area contributed by atoms with Crippen molar-refractivity contribution in [1.29, 1.82) is 0 Å². The Hall–Kier alpha value is 1.49. The Balaban J connectivity index is 0.00000484. The molecule has 0 radical (unpaired) electrons. The Labute approximate surface area is 306 Å². The van der Waals surface area contributed by atoms with Gasteiger partial charge in [0.2, 0.25) is 0 Å². The summed E-state index contributed by atoms with van der Waals surface area (Å²) >= 11 is 0. The summed E-state index contributed by atoms with van der Waals surface area (Å²) in [6, 6.07) is 1.84. The van der Waals surface area contributed by atoms with Crippen LogP contribution < -0.4 is 48.0 Å². The van der Waals surface area contributed by atoms with Crippen molar-refractivity contribution >= 4 is 17.6 Å². The second-order valence-corrected chi connectivity index (χ2v) is 17.9. The summed E-state index contributed by atoms with van der Waals surface area (Å²) in [4.78, 5) is 5.57. The summed E-state index contributed by atoms with van der Waals surface area (Å²) < 4.78 is 39.5. The predicted molar refractivity (Wildman–Crippen MR) is 172 cm³/mol. The fraction of sp³-hybridized carbons (Fsp3) is 1.00. The molecule has 0 aliphatic carbocycles. The van der Waals surface area contributed by atoms with E-state index in [4.69, 9.17) is 26.6 Å². The van der Waals surface area contributed by atoms with Crippen LogP contribution in [0.4, 0.5) is 0 Å². The minimum atomic E-state index is -2.60. The molecule has 3 aliphatic rings. The molecule has 0 aromatic carbocycles. The average Bonchev–Trinajstić information content (AvgIpc) is 2.96. The lowest BCUT2D eigenvalue weighted by Gasteiger charge is -2.52. The summed E-state index contributed by atoms with van der Waals surface area (Å²) in [5.74, 6) is 0. The largest absolute Gasteiger partial charge is 1.00 e. The van der Waals surface area contributed by atoms with E-state index in [-0.39, 0.29) is 48.0 Å². The first-order chi connectivity index (χ1) is 20.3. The van der Waals surface area contributed by atoms with Gasteiger partial charge < -0.3 is 83.5 Å². The van der Waals surface area contributed by atoms with E-state index in [0.29, 0.717) is 39.6 Å². The lowest BCUT2D eigenvalue weighted by Crippen LogP contribution is -3.00. The van der Waals surface area contributed by atoms with Crippen LogP contribution in [0.15, 0.2) is 0 Å². The van der Waals surface area contributed by atoms with Gasteiger partial charge in [-0.15, -0.1) is 0 Å². The molecule has 10 nitrogen and oxygen atoms in total. The monoisotopic (exact) mass is 888 g/mol. The van der Waals surface area contributed by atoms with Crippen LogP contribution in [0.5, 0.6) is 0 Å². The van der Waals surface area contributed by atoms with Gasteiger partial charge in [-0.3, -0.25) is 9.80 Å². The van der Waals surface area contributed by atoms with Gasteiger partial charge in [0.05, 0.1) is 52.4 Å². The van der Waals surface area contributed by atoms with E-state index >= 15 is 0 Å². The number of quaternary nitrogens is 2. The molecule has 3 saturated heterocycles. The third-order valence-electron chi connectivity index (χ3n) is 9.41. The molecular formula is C30H66I2N4O6Si2.